The monoisotopic (exact) mass is 213 g/mol. The third-order valence-electron chi connectivity index (χ3n) is 1.65. The zero-order chi connectivity index (χ0) is 10.7. The highest BCUT2D eigenvalue weighted by Gasteiger charge is 2.14. The molecule has 14 heavy (non-hydrogen) atoms. The number of carbonyl (C=O) groups excluding carboxylic acids is 1. The van der Waals surface area contributed by atoms with Crippen molar-refractivity contribution >= 4 is 24.6 Å². The molecule has 74 valence electrons. The van der Waals surface area contributed by atoms with Crippen molar-refractivity contribution in [3.63, 3.8) is 0 Å². The molecule has 1 aromatic carbocycles. The van der Waals surface area contributed by atoms with Gasteiger partial charge < -0.3 is 4.74 Å². The molecule has 0 radical (unpaired) electrons. The molecular weight excluding hydrogens is 206 g/mol. The fraction of sp³-hybridized carbons (Fsp3) is 0.125. The van der Waals surface area contributed by atoms with E-state index in [9.17, 15) is 14.9 Å². The Morgan fingerprint density at radius 2 is 2.21 bits per heavy atom. The van der Waals surface area contributed by atoms with Crippen LogP contribution >= 0.6 is 12.6 Å². The van der Waals surface area contributed by atoms with Gasteiger partial charge >= 0.3 is 0 Å². The van der Waals surface area contributed by atoms with Gasteiger partial charge in [-0.15, -0.1) is 12.6 Å². The first-order valence-corrected chi connectivity index (χ1v) is 4.05. The molecule has 0 heterocycles. The Morgan fingerprint density at radius 3 is 2.64 bits per heavy atom. The number of methoxy groups -OCH3 is 1. The maximum atomic E-state index is 10.5. The fourth-order valence-corrected chi connectivity index (χ4v) is 1.24. The molecule has 0 atom stereocenters. The van der Waals surface area contributed by atoms with Crippen molar-refractivity contribution in [2.24, 2.45) is 0 Å². The smallest absolute Gasteiger partial charge is 0.273 e. The van der Waals surface area contributed by atoms with Crippen molar-refractivity contribution in [2.45, 2.75) is 4.90 Å². The molecule has 0 saturated heterocycles. The van der Waals surface area contributed by atoms with Crippen molar-refractivity contribution in [3.05, 3.63) is 27.8 Å². The van der Waals surface area contributed by atoms with Gasteiger partial charge in [-0.1, -0.05) is 0 Å². The summed E-state index contributed by atoms with van der Waals surface area (Å²) in [6, 6.07) is 2.37. The van der Waals surface area contributed by atoms with Gasteiger partial charge in [0.1, 0.15) is 5.75 Å². The van der Waals surface area contributed by atoms with Crippen LogP contribution in [0, 0.1) is 10.1 Å². The van der Waals surface area contributed by atoms with Crippen LogP contribution in [0.3, 0.4) is 0 Å². The molecule has 0 spiro atoms. The minimum absolute atomic E-state index is 0.138. The molecule has 0 aliphatic carbocycles. The second-order valence-corrected chi connectivity index (χ2v) is 2.91. The van der Waals surface area contributed by atoms with Gasteiger partial charge in [-0.05, 0) is 0 Å². The summed E-state index contributed by atoms with van der Waals surface area (Å²) in [7, 11) is 1.35. The van der Waals surface area contributed by atoms with E-state index >= 15 is 0 Å². The summed E-state index contributed by atoms with van der Waals surface area (Å²) in [6.45, 7) is 0. The van der Waals surface area contributed by atoms with E-state index < -0.39 is 4.92 Å². The fourth-order valence-electron chi connectivity index (χ4n) is 0.965. The highest BCUT2D eigenvalue weighted by Crippen LogP contribution is 2.30. The summed E-state index contributed by atoms with van der Waals surface area (Å²) in [6.07, 6.45) is 0.498. The van der Waals surface area contributed by atoms with Gasteiger partial charge in [0, 0.05) is 11.6 Å². The number of nitro groups is 1. The average Bonchev–Trinajstić information content (AvgIpc) is 2.17. The lowest BCUT2D eigenvalue weighted by molar-refractivity contribution is -0.385. The van der Waals surface area contributed by atoms with Crippen LogP contribution in [0.15, 0.2) is 17.0 Å². The van der Waals surface area contributed by atoms with Gasteiger partial charge in [0.05, 0.1) is 23.0 Å². The third-order valence-corrected chi connectivity index (χ3v) is 2.13. The van der Waals surface area contributed by atoms with Crippen molar-refractivity contribution in [3.8, 4) is 5.75 Å². The van der Waals surface area contributed by atoms with E-state index in [4.69, 9.17) is 4.74 Å². The van der Waals surface area contributed by atoms with Crippen molar-refractivity contribution in [2.75, 3.05) is 7.11 Å². The van der Waals surface area contributed by atoms with Gasteiger partial charge in [0.25, 0.3) is 5.69 Å². The second kappa shape index (κ2) is 4.10. The molecule has 0 aliphatic heterocycles. The third kappa shape index (κ3) is 1.85. The number of thiol groups is 1. The topological polar surface area (TPSA) is 69.4 Å². The first kappa shape index (κ1) is 10.5. The number of hydrogen-bond acceptors (Lipinski definition) is 5. The van der Waals surface area contributed by atoms with Gasteiger partial charge in [-0.2, -0.15) is 0 Å². The number of ether oxygens (including phenoxy) is 1. The van der Waals surface area contributed by atoms with Crippen LogP contribution in [-0.2, 0) is 0 Å². The van der Waals surface area contributed by atoms with Crippen LogP contribution < -0.4 is 4.74 Å². The maximum Gasteiger partial charge on any atom is 0.273 e. The number of non-ortho nitro benzene ring substituents is 1. The van der Waals surface area contributed by atoms with Crippen LogP contribution in [0.2, 0.25) is 0 Å². The van der Waals surface area contributed by atoms with Crippen molar-refractivity contribution < 1.29 is 14.5 Å². The van der Waals surface area contributed by atoms with Crippen LogP contribution in [0.4, 0.5) is 5.69 Å². The van der Waals surface area contributed by atoms with E-state index in [0.29, 0.717) is 11.2 Å². The lowest BCUT2D eigenvalue weighted by Crippen LogP contribution is -1.95. The van der Waals surface area contributed by atoms with Crippen LogP contribution in [0.1, 0.15) is 10.4 Å². The Bertz CT molecular complexity index is 391. The Hall–Kier alpha value is -1.56. The van der Waals surface area contributed by atoms with E-state index in [-0.39, 0.29) is 17.0 Å². The minimum atomic E-state index is -0.595. The Morgan fingerprint density at radius 1 is 1.57 bits per heavy atom. The van der Waals surface area contributed by atoms with Crippen molar-refractivity contribution in [1.29, 1.82) is 0 Å². The summed E-state index contributed by atoms with van der Waals surface area (Å²) in [5, 5.41) is 10.5. The highest BCUT2D eigenvalue weighted by molar-refractivity contribution is 7.80. The number of aldehydes is 1. The van der Waals surface area contributed by atoms with E-state index in [2.05, 4.69) is 12.6 Å². The average molecular weight is 213 g/mol. The zero-order valence-corrected chi connectivity index (χ0v) is 8.15. The lowest BCUT2D eigenvalue weighted by atomic mass is 10.2. The van der Waals surface area contributed by atoms with Crippen LogP contribution in [0.25, 0.3) is 0 Å². The molecule has 5 nitrogen and oxygen atoms in total. The second-order valence-electron chi connectivity index (χ2n) is 2.46. The number of nitro benzene ring substituents is 1. The van der Waals surface area contributed by atoms with Gasteiger partial charge in [-0.25, -0.2) is 0 Å². The molecule has 0 bridgehead atoms. The summed E-state index contributed by atoms with van der Waals surface area (Å²) in [4.78, 5) is 20.7. The van der Waals surface area contributed by atoms with Crippen LogP contribution in [0.5, 0.6) is 5.75 Å². The Balaban J connectivity index is 3.39. The number of carbonyl (C=O) groups is 1. The minimum Gasteiger partial charge on any atom is -0.495 e. The number of rotatable bonds is 3. The molecule has 0 fully saturated rings. The number of benzene rings is 1. The molecule has 6 heteroatoms. The molecule has 0 saturated carbocycles. The first-order valence-electron chi connectivity index (χ1n) is 3.60. The number of hydrogen-bond donors (Lipinski definition) is 1. The Labute approximate surface area is 85.2 Å². The summed E-state index contributed by atoms with van der Waals surface area (Å²) in [5.41, 5.74) is -0.0545. The molecule has 0 N–H and O–H groups in total. The quantitative estimate of drug-likeness (QED) is 0.359. The molecular formula is C8H7NO4S. The van der Waals surface area contributed by atoms with Crippen molar-refractivity contribution in [1.82, 2.24) is 0 Å². The first-order chi connectivity index (χ1) is 6.60. The zero-order valence-electron chi connectivity index (χ0n) is 7.26. The van der Waals surface area contributed by atoms with Crippen LogP contribution in [-0.4, -0.2) is 18.3 Å². The largest absolute Gasteiger partial charge is 0.495 e. The molecule has 0 amide bonds. The van der Waals surface area contributed by atoms with Gasteiger partial charge in [0.2, 0.25) is 0 Å². The SMILES string of the molecule is COc1cc([N+](=O)[O-])cc(C=O)c1S. The van der Waals surface area contributed by atoms with E-state index in [1.807, 2.05) is 0 Å². The predicted octanol–water partition coefficient (Wildman–Crippen LogP) is 1.70. The predicted molar refractivity (Wildman–Crippen MR) is 52.3 cm³/mol. The standard InChI is InChI=1S/C8H7NO4S/c1-13-7-3-6(9(11)12)2-5(4-10)8(7)14/h2-4,14H,1H3. The van der Waals surface area contributed by atoms with Gasteiger partial charge in [0.15, 0.2) is 6.29 Å². The summed E-state index contributed by atoms with van der Waals surface area (Å²) >= 11 is 4.01. The Kier molecular flexibility index (Phi) is 3.08. The normalized spacial score (nSPS) is 9.57. The maximum absolute atomic E-state index is 10.5. The molecule has 1 rings (SSSR count). The van der Waals surface area contributed by atoms with E-state index in [1.165, 1.54) is 13.2 Å². The molecule has 0 aliphatic rings. The molecule has 0 unspecified atom stereocenters. The lowest BCUT2D eigenvalue weighted by Gasteiger charge is -2.05. The number of nitrogens with zero attached hydrogens (tertiary/aromatic N) is 1. The van der Waals surface area contributed by atoms with E-state index in [1.54, 1.807) is 0 Å². The summed E-state index contributed by atoms with van der Waals surface area (Å²) in [5.74, 6) is 0.213. The molecule has 0 aromatic heterocycles. The molecule has 1 aromatic rings. The summed E-state index contributed by atoms with van der Waals surface area (Å²) < 4.78 is 4.84. The van der Waals surface area contributed by atoms with Gasteiger partial charge in [-0.3, -0.25) is 14.9 Å². The highest BCUT2D eigenvalue weighted by atomic mass is 32.1. The van der Waals surface area contributed by atoms with E-state index in [0.717, 1.165) is 6.07 Å².